The molecule has 5 heteroatoms. The summed E-state index contributed by atoms with van der Waals surface area (Å²) in [7, 11) is 0. The predicted octanol–water partition coefficient (Wildman–Crippen LogP) is 2.47. The van der Waals surface area contributed by atoms with Crippen LogP contribution in [0.5, 0.6) is 0 Å². The van der Waals surface area contributed by atoms with E-state index in [0.29, 0.717) is 19.5 Å². The monoisotopic (exact) mass is 292 g/mol. The first-order chi connectivity index (χ1) is 9.85. The van der Waals surface area contributed by atoms with E-state index in [4.69, 9.17) is 4.74 Å². The molecule has 116 valence electrons. The molecule has 0 aromatic heterocycles. The SMILES string of the molecule is CC(C)(C)OC(=O)N1CCC(Nc2ccccc2)C(O)C1. The second kappa shape index (κ2) is 6.35. The maximum atomic E-state index is 12.0. The van der Waals surface area contributed by atoms with Crippen molar-refractivity contribution in [3.8, 4) is 0 Å². The van der Waals surface area contributed by atoms with Gasteiger partial charge in [-0.3, -0.25) is 0 Å². The Balaban J connectivity index is 1.89. The number of para-hydroxylation sites is 1. The number of nitrogens with zero attached hydrogens (tertiary/aromatic N) is 1. The number of benzene rings is 1. The van der Waals surface area contributed by atoms with Gasteiger partial charge in [0.15, 0.2) is 0 Å². The molecule has 2 atom stereocenters. The lowest BCUT2D eigenvalue weighted by molar-refractivity contribution is 0.00119. The van der Waals surface area contributed by atoms with Crippen molar-refractivity contribution >= 4 is 11.8 Å². The summed E-state index contributed by atoms with van der Waals surface area (Å²) in [5.41, 5.74) is 0.466. The summed E-state index contributed by atoms with van der Waals surface area (Å²) in [6.07, 6.45) is -0.277. The number of likely N-dealkylation sites (tertiary alicyclic amines) is 1. The Kier molecular flexibility index (Phi) is 4.73. The Labute approximate surface area is 125 Å². The summed E-state index contributed by atoms with van der Waals surface area (Å²) >= 11 is 0. The fourth-order valence-corrected chi connectivity index (χ4v) is 2.34. The topological polar surface area (TPSA) is 61.8 Å². The van der Waals surface area contributed by atoms with Gasteiger partial charge in [-0.15, -0.1) is 0 Å². The van der Waals surface area contributed by atoms with Gasteiger partial charge in [0, 0.05) is 12.2 Å². The number of hydrogen-bond acceptors (Lipinski definition) is 4. The van der Waals surface area contributed by atoms with E-state index in [2.05, 4.69) is 5.32 Å². The number of aliphatic hydroxyl groups excluding tert-OH is 1. The first-order valence-corrected chi connectivity index (χ1v) is 7.33. The van der Waals surface area contributed by atoms with Crippen LogP contribution in [0.3, 0.4) is 0 Å². The van der Waals surface area contributed by atoms with E-state index < -0.39 is 11.7 Å². The smallest absolute Gasteiger partial charge is 0.410 e. The molecule has 1 aromatic carbocycles. The van der Waals surface area contributed by atoms with Gasteiger partial charge in [0.1, 0.15) is 5.60 Å². The minimum atomic E-state index is -0.605. The van der Waals surface area contributed by atoms with E-state index in [1.54, 1.807) is 4.90 Å². The van der Waals surface area contributed by atoms with Crippen LogP contribution in [-0.4, -0.2) is 46.9 Å². The van der Waals surface area contributed by atoms with Gasteiger partial charge in [-0.2, -0.15) is 0 Å². The average Bonchev–Trinajstić information content (AvgIpc) is 2.40. The van der Waals surface area contributed by atoms with E-state index in [0.717, 1.165) is 5.69 Å². The van der Waals surface area contributed by atoms with E-state index >= 15 is 0 Å². The molecule has 1 aliphatic heterocycles. The quantitative estimate of drug-likeness (QED) is 0.879. The Hall–Kier alpha value is -1.75. The molecular formula is C16H24N2O3. The highest BCUT2D eigenvalue weighted by Gasteiger charge is 2.32. The summed E-state index contributed by atoms with van der Waals surface area (Å²) in [4.78, 5) is 13.6. The minimum absolute atomic E-state index is 0.0499. The zero-order valence-corrected chi connectivity index (χ0v) is 12.9. The highest BCUT2D eigenvalue weighted by atomic mass is 16.6. The lowest BCUT2D eigenvalue weighted by Crippen LogP contribution is -2.52. The molecule has 0 saturated carbocycles. The number of ether oxygens (including phenoxy) is 1. The van der Waals surface area contributed by atoms with Gasteiger partial charge in [0.2, 0.25) is 0 Å². The average molecular weight is 292 g/mol. The molecule has 1 aromatic rings. The Bertz CT molecular complexity index is 470. The molecular weight excluding hydrogens is 268 g/mol. The molecule has 1 fully saturated rings. The molecule has 0 radical (unpaired) electrons. The number of nitrogens with one attached hydrogen (secondary N) is 1. The number of β-amino-alcohol motifs (C(OH)–C–C–N with tert-alkyl or cyclic N) is 1. The van der Waals surface area contributed by atoms with Crippen molar-refractivity contribution < 1.29 is 14.6 Å². The lowest BCUT2D eigenvalue weighted by atomic mass is 10.0. The van der Waals surface area contributed by atoms with Crippen LogP contribution in [0.4, 0.5) is 10.5 Å². The number of amides is 1. The molecule has 1 aliphatic rings. The zero-order valence-electron chi connectivity index (χ0n) is 12.9. The van der Waals surface area contributed by atoms with Crippen molar-refractivity contribution in [2.45, 2.75) is 44.9 Å². The van der Waals surface area contributed by atoms with Crippen LogP contribution >= 0.6 is 0 Å². The van der Waals surface area contributed by atoms with Crippen molar-refractivity contribution in [1.82, 2.24) is 4.90 Å². The predicted molar refractivity (Wildman–Crippen MR) is 82.3 cm³/mol. The zero-order chi connectivity index (χ0) is 15.5. The summed E-state index contributed by atoms with van der Waals surface area (Å²) in [6.45, 7) is 6.39. The molecule has 21 heavy (non-hydrogen) atoms. The minimum Gasteiger partial charge on any atom is -0.444 e. The first kappa shape index (κ1) is 15.6. The van der Waals surface area contributed by atoms with E-state index in [9.17, 15) is 9.90 Å². The fourth-order valence-electron chi connectivity index (χ4n) is 2.34. The molecule has 2 N–H and O–H groups in total. The molecule has 2 unspecified atom stereocenters. The van der Waals surface area contributed by atoms with Crippen molar-refractivity contribution in [3.05, 3.63) is 30.3 Å². The maximum absolute atomic E-state index is 12.0. The Morgan fingerprint density at radius 1 is 1.33 bits per heavy atom. The second-order valence-electron chi connectivity index (χ2n) is 6.40. The summed E-state index contributed by atoms with van der Waals surface area (Å²) < 4.78 is 5.33. The van der Waals surface area contributed by atoms with Crippen LogP contribution in [0.15, 0.2) is 30.3 Å². The van der Waals surface area contributed by atoms with E-state index in [-0.39, 0.29) is 12.1 Å². The van der Waals surface area contributed by atoms with Gasteiger partial charge >= 0.3 is 6.09 Å². The van der Waals surface area contributed by atoms with Crippen molar-refractivity contribution in [2.75, 3.05) is 18.4 Å². The van der Waals surface area contributed by atoms with E-state index in [1.807, 2.05) is 51.1 Å². The third-order valence-electron chi connectivity index (χ3n) is 3.36. The standard InChI is InChI=1S/C16H24N2O3/c1-16(2,3)21-15(20)18-10-9-13(14(19)11-18)17-12-7-5-4-6-8-12/h4-8,13-14,17,19H,9-11H2,1-3H3. The largest absolute Gasteiger partial charge is 0.444 e. The molecule has 2 rings (SSSR count). The van der Waals surface area contributed by atoms with Crippen LogP contribution in [0.25, 0.3) is 0 Å². The van der Waals surface area contributed by atoms with Crippen LogP contribution in [0.1, 0.15) is 27.2 Å². The molecule has 0 spiro atoms. The van der Waals surface area contributed by atoms with Crippen LogP contribution in [0, 0.1) is 0 Å². The van der Waals surface area contributed by atoms with Crippen LogP contribution < -0.4 is 5.32 Å². The van der Waals surface area contributed by atoms with Gasteiger partial charge < -0.3 is 20.1 Å². The van der Waals surface area contributed by atoms with Gasteiger partial charge in [-0.1, -0.05) is 18.2 Å². The van der Waals surface area contributed by atoms with E-state index in [1.165, 1.54) is 0 Å². The molecule has 0 bridgehead atoms. The number of aliphatic hydroxyl groups is 1. The van der Waals surface area contributed by atoms with Gasteiger partial charge in [0.05, 0.1) is 18.7 Å². The number of hydrogen-bond donors (Lipinski definition) is 2. The highest BCUT2D eigenvalue weighted by Crippen LogP contribution is 2.19. The van der Waals surface area contributed by atoms with Crippen molar-refractivity contribution in [3.63, 3.8) is 0 Å². The fraction of sp³-hybridized carbons (Fsp3) is 0.562. The van der Waals surface area contributed by atoms with Crippen molar-refractivity contribution in [2.24, 2.45) is 0 Å². The molecule has 1 saturated heterocycles. The van der Waals surface area contributed by atoms with Crippen LogP contribution in [-0.2, 0) is 4.74 Å². The number of piperidine rings is 1. The third kappa shape index (κ3) is 4.63. The van der Waals surface area contributed by atoms with Gasteiger partial charge in [0.25, 0.3) is 0 Å². The first-order valence-electron chi connectivity index (χ1n) is 7.33. The summed E-state index contributed by atoms with van der Waals surface area (Å²) in [6, 6.07) is 9.73. The molecule has 1 amide bonds. The molecule has 0 aliphatic carbocycles. The van der Waals surface area contributed by atoms with Crippen molar-refractivity contribution in [1.29, 1.82) is 0 Å². The highest BCUT2D eigenvalue weighted by molar-refractivity contribution is 5.68. The molecule has 5 nitrogen and oxygen atoms in total. The number of carbonyl (C=O) groups is 1. The number of rotatable bonds is 2. The Morgan fingerprint density at radius 3 is 2.57 bits per heavy atom. The van der Waals surface area contributed by atoms with Gasteiger partial charge in [-0.05, 0) is 39.3 Å². The van der Waals surface area contributed by atoms with Gasteiger partial charge in [-0.25, -0.2) is 4.79 Å². The maximum Gasteiger partial charge on any atom is 0.410 e. The summed E-state index contributed by atoms with van der Waals surface area (Å²) in [5, 5.41) is 13.5. The summed E-state index contributed by atoms with van der Waals surface area (Å²) in [5.74, 6) is 0. The lowest BCUT2D eigenvalue weighted by Gasteiger charge is -2.37. The molecule has 1 heterocycles. The third-order valence-corrected chi connectivity index (χ3v) is 3.36. The Morgan fingerprint density at radius 2 is 2.00 bits per heavy atom. The van der Waals surface area contributed by atoms with Crippen LogP contribution in [0.2, 0.25) is 0 Å². The number of anilines is 1. The number of carbonyl (C=O) groups excluding carboxylic acids is 1. The second-order valence-corrected chi connectivity index (χ2v) is 6.40. The normalized spacial score (nSPS) is 22.8.